The molecule has 3 aromatic rings. The van der Waals surface area contributed by atoms with Gasteiger partial charge in [0.15, 0.2) is 0 Å². The van der Waals surface area contributed by atoms with Gasteiger partial charge in [-0.1, -0.05) is 55.1 Å². The molecule has 1 atom stereocenters. The Morgan fingerprint density at radius 3 is 2.43 bits per heavy atom. The van der Waals surface area contributed by atoms with Gasteiger partial charge in [-0.25, -0.2) is 13.2 Å². The molecule has 1 N–H and O–H groups in total. The van der Waals surface area contributed by atoms with Crippen molar-refractivity contribution in [1.82, 2.24) is 4.90 Å². The highest BCUT2D eigenvalue weighted by Gasteiger charge is 2.30. The SMILES string of the molecule is C=C(C)N=C(c1cccc(F)c1)c1ccc(NC2CCN(C(/C=C\C)N(CC(F)F)c3ccccc3C)CC2)cc1C.[HH]. The summed E-state index contributed by atoms with van der Waals surface area (Å²) < 4.78 is 41.5. The number of nitrogens with one attached hydrogen (secondary N) is 1. The van der Waals surface area contributed by atoms with Crippen molar-refractivity contribution >= 4 is 17.1 Å². The highest BCUT2D eigenvalue weighted by Crippen LogP contribution is 2.28. The van der Waals surface area contributed by atoms with Crippen LogP contribution in [0.5, 0.6) is 0 Å². The summed E-state index contributed by atoms with van der Waals surface area (Å²) in [6.45, 7) is 12.9. The fourth-order valence-corrected chi connectivity index (χ4v) is 5.65. The molecule has 0 radical (unpaired) electrons. The summed E-state index contributed by atoms with van der Waals surface area (Å²) >= 11 is 0. The molecule has 42 heavy (non-hydrogen) atoms. The Morgan fingerprint density at radius 1 is 1.07 bits per heavy atom. The number of likely N-dealkylation sites (tertiary alicyclic amines) is 1. The standard InChI is InChI=1S/C35H41F3N4.H2/c1-6-10-34(42(23-33(37)38)32-14-8-7-11-25(32)4)41-19-17-29(18-20-41)40-30-15-16-31(26(5)21-30)35(39-24(2)3)27-12-9-13-28(36)22-27;/h6-16,21-22,29,33-34,40H,2,17-20,23H2,1,3-5H3;1H/b10-6-,39-35?;. The van der Waals surface area contributed by atoms with Gasteiger partial charge >= 0.3 is 0 Å². The van der Waals surface area contributed by atoms with Gasteiger partial charge in [0.05, 0.1) is 12.3 Å². The summed E-state index contributed by atoms with van der Waals surface area (Å²) in [6, 6.07) is 20.6. The lowest BCUT2D eigenvalue weighted by Crippen LogP contribution is -2.53. The van der Waals surface area contributed by atoms with E-state index in [1.807, 2.05) is 87.2 Å². The zero-order valence-electron chi connectivity index (χ0n) is 25.0. The van der Waals surface area contributed by atoms with Crippen LogP contribution in [0.25, 0.3) is 0 Å². The van der Waals surface area contributed by atoms with Gasteiger partial charge < -0.3 is 10.2 Å². The summed E-state index contributed by atoms with van der Waals surface area (Å²) in [5.74, 6) is -0.308. The second-order valence-corrected chi connectivity index (χ2v) is 11.0. The second-order valence-electron chi connectivity index (χ2n) is 11.0. The Bertz CT molecular complexity index is 1430. The van der Waals surface area contributed by atoms with E-state index in [2.05, 4.69) is 27.9 Å². The minimum Gasteiger partial charge on any atom is -0.382 e. The molecule has 224 valence electrons. The third-order valence-electron chi connectivity index (χ3n) is 7.60. The van der Waals surface area contributed by atoms with Crippen molar-refractivity contribution in [1.29, 1.82) is 0 Å². The monoisotopic (exact) mass is 576 g/mol. The average Bonchev–Trinajstić information content (AvgIpc) is 2.95. The summed E-state index contributed by atoms with van der Waals surface area (Å²) in [5.41, 5.74) is 6.82. The Labute approximate surface area is 249 Å². The first-order valence-corrected chi connectivity index (χ1v) is 14.5. The second kappa shape index (κ2) is 14.4. The van der Waals surface area contributed by atoms with Crippen LogP contribution < -0.4 is 10.2 Å². The predicted octanol–water partition coefficient (Wildman–Crippen LogP) is 8.61. The van der Waals surface area contributed by atoms with E-state index < -0.39 is 6.43 Å². The number of alkyl halides is 2. The zero-order chi connectivity index (χ0) is 30.2. The lowest BCUT2D eigenvalue weighted by atomic mass is 9.96. The van der Waals surface area contributed by atoms with Crippen LogP contribution in [0, 0.1) is 19.7 Å². The summed E-state index contributed by atoms with van der Waals surface area (Å²) in [5, 5.41) is 3.68. The van der Waals surface area contributed by atoms with Crippen LogP contribution in [0.1, 0.15) is 50.4 Å². The molecule has 4 rings (SSSR count). The van der Waals surface area contributed by atoms with Gasteiger partial charge in [0.2, 0.25) is 0 Å². The van der Waals surface area contributed by atoms with Crippen molar-refractivity contribution < 1.29 is 14.6 Å². The summed E-state index contributed by atoms with van der Waals surface area (Å²) in [6.07, 6.45) is 3.05. The largest absolute Gasteiger partial charge is 0.382 e. The normalized spacial score (nSPS) is 15.8. The molecular weight excluding hydrogens is 533 g/mol. The smallest absolute Gasteiger partial charge is 0.255 e. The van der Waals surface area contributed by atoms with E-state index in [1.165, 1.54) is 12.1 Å². The molecule has 1 aliphatic rings. The van der Waals surface area contributed by atoms with Crippen molar-refractivity contribution in [3.8, 4) is 0 Å². The molecule has 0 bridgehead atoms. The van der Waals surface area contributed by atoms with Gasteiger partial charge in [0, 0.05) is 48.8 Å². The van der Waals surface area contributed by atoms with Crippen molar-refractivity contribution in [3.63, 3.8) is 0 Å². The molecule has 1 aliphatic heterocycles. The van der Waals surface area contributed by atoms with Crippen LogP contribution >= 0.6 is 0 Å². The molecular formula is C35H43F3N4. The number of hydrogen-bond acceptors (Lipinski definition) is 4. The molecule has 1 saturated heterocycles. The van der Waals surface area contributed by atoms with Gasteiger partial charge in [-0.2, -0.15) is 0 Å². The maximum absolute atomic E-state index is 14.0. The van der Waals surface area contributed by atoms with E-state index in [4.69, 9.17) is 0 Å². The molecule has 1 unspecified atom stereocenters. The molecule has 0 amide bonds. The number of aliphatic imine (C=N–C) groups is 1. The van der Waals surface area contributed by atoms with E-state index in [9.17, 15) is 13.2 Å². The summed E-state index contributed by atoms with van der Waals surface area (Å²) in [4.78, 5) is 8.76. The molecule has 0 aromatic heterocycles. The van der Waals surface area contributed by atoms with Crippen molar-refractivity contribution in [2.75, 3.05) is 29.9 Å². The first-order valence-electron chi connectivity index (χ1n) is 14.5. The number of anilines is 2. The van der Waals surface area contributed by atoms with Crippen LogP contribution in [-0.4, -0.2) is 48.9 Å². The predicted molar refractivity (Wildman–Crippen MR) is 171 cm³/mol. The third-order valence-corrected chi connectivity index (χ3v) is 7.60. The lowest BCUT2D eigenvalue weighted by Gasteiger charge is -2.43. The van der Waals surface area contributed by atoms with Gasteiger partial charge in [-0.3, -0.25) is 9.89 Å². The highest BCUT2D eigenvalue weighted by atomic mass is 19.3. The number of benzene rings is 3. The molecule has 7 heteroatoms. The molecule has 3 aromatic carbocycles. The minimum atomic E-state index is -2.44. The zero-order valence-corrected chi connectivity index (χ0v) is 25.0. The number of para-hydroxylation sites is 1. The fraction of sp³-hybridized carbons (Fsp3) is 0.343. The van der Waals surface area contributed by atoms with Gasteiger partial charge in [0.25, 0.3) is 6.43 Å². The Hall–Kier alpha value is -3.84. The topological polar surface area (TPSA) is 30.9 Å². The van der Waals surface area contributed by atoms with Gasteiger partial charge in [-0.05, 0) is 82.0 Å². The maximum Gasteiger partial charge on any atom is 0.255 e. The van der Waals surface area contributed by atoms with E-state index in [0.29, 0.717) is 17.0 Å². The van der Waals surface area contributed by atoms with E-state index in [0.717, 1.165) is 54.0 Å². The minimum absolute atomic E-state index is 0. The number of hydrogen-bond donors (Lipinski definition) is 1. The first-order chi connectivity index (χ1) is 20.2. The van der Waals surface area contributed by atoms with Crippen LogP contribution in [-0.2, 0) is 0 Å². The van der Waals surface area contributed by atoms with Crippen LogP contribution in [0.4, 0.5) is 24.5 Å². The van der Waals surface area contributed by atoms with Crippen LogP contribution in [0.3, 0.4) is 0 Å². The van der Waals surface area contributed by atoms with Crippen LogP contribution in [0.15, 0.2) is 96.2 Å². The van der Waals surface area contributed by atoms with Gasteiger partial charge in [-0.15, -0.1) is 0 Å². The third kappa shape index (κ3) is 7.91. The number of allylic oxidation sites excluding steroid dienone is 2. The van der Waals surface area contributed by atoms with E-state index in [-0.39, 0.29) is 26.0 Å². The number of nitrogens with zero attached hydrogens (tertiary/aromatic N) is 3. The summed E-state index contributed by atoms with van der Waals surface area (Å²) in [7, 11) is 0. The quantitative estimate of drug-likeness (QED) is 0.183. The van der Waals surface area contributed by atoms with Crippen molar-refractivity contribution in [3.05, 3.63) is 119 Å². The number of rotatable bonds is 11. The maximum atomic E-state index is 14.0. The van der Waals surface area contributed by atoms with Crippen molar-refractivity contribution in [2.24, 2.45) is 4.99 Å². The van der Waals surface area contributed by atoms with Gasteiger partial charge in [0.1, 0.15) is 12.0 Å². The number of piperidine rings is 1. The molecule has 0 saturated carbocycles. The number of halogens is 3. The van der Waals surface area contributed by atoms with Crippen molar-refractivity contribution in [2.45, 2.75) is 59.2 Å². The highest BCUT2D eigenvalue weighted by molar-refractivity contribution is 6.14. The Balaban J connectivity index is 0.00000506. The fourth-order valence-electron chi connectivity index (χ4n) is 5.65. The lowest BCUT2D eigenvalue weighted by molar-refractivity contribution is 0.130. The first kappa shape index (κ1) is 31.1. The molecule has 4 nitrogen and oxygen atoms in total. The van der Waals surface area contributed by atoms with Crippen LogP contribution in [0.2, 0.25) is 0 Å². The average molecular weight is 577 g/mol. The molecule has 0 aliphatic carbocycles. The van der Waals surface area contributed by atoms with E-state index >= 15 is 0 Å². The molecule has 0 spiro atoms. The Kier molecular flexibility index (Phi) is 10.6. The molecule has 1 fully saturated rings. The van der Waals surface area contributed by atoms with E-state index in [1.54, 1.807) is 6.07 Å². The number of aryl methyl sites for hydroxylation is 2. The Morgan fingerprint density at radius 2 is 1.81 bits per heavy atom. The molecule has 1 heterocycles.